The highest BCUT2D eigenvalue weighted by Gasteiger charge is 2.12. The highest BCUT2D eigenvalue weighted by atomic mass is 16.3. The van der Waals surface area contributed by atoms with Gasteiger partial charge in [-0.25, -0.2) is 0 Å². The van der Waals surface area contributed by atoms with E-state index in [0.29, 0.717) is 5.56 Å². The van der Waals surface area contributed by atoms with Crippen molar-refractivity contribution in [1.29, 1.82) is 0 Å². The molecule has 6 nitrogen and oxygen atoms in total. The minimum atomic E-state index is -0.473. The molecule has 0 saturated heterocycles. The van der Waals surface area contributed by atoms with Gasteiger partial charge in [0.05, 0.1) is 0 Å². The summed E-state index contributed by atoms with van der Waals surface area (Å²) < 4.78 is 0.986. The third-order valence-electron chi connectivity index (χ3n) is 2.26. The Labute approximate surface area is 91.0 Å². The molecule has 0 spiro atoms. The number of nitrogens with zero attached hydrogens (tertiary/aromatic N) is 3. The highest BCUT2D eigenvalue weighted by molar-refractivity contribution is 5.71. The van der Waals surface area contributed by atoms with Gasteiger partial charge in [-0.1, -0.05) is 0 Å². The lowest BCUT2D eigenvalue weighted by Crippen LogP contribution is -2.22. The number of rotatable bonds is 1. The Balaban J connectivity index is 2.73. The molecule has 16 heavy (non-hydrogen) atoms. The fraction of sp³-hybridized carbons (Fsp3) is 0.100. The van der Waals surface area contributed by atoms with E-state index in [-0.39, 0.29) is 17.4 Å². The Morgan fingerprint density at radius 3 is 2.62 bits per heavy atom. The zero-order chi connectivity index (χ0) is 11.7. The summed E-state index contributed by atoms with van der Waals surface area (Å²) in [6, 6.07) is 2.96. The van der Waals surface area contributed by atoms with E-state index in [0.717, 1.165) is 4.57 Å². The SMILES string of the molecule is Cn1c(O)nc(-c2ccncc2)c(N)c1=O. The molecule has 0 aliphatic heterocycles. The second-order valence-electron chi connectivity index (χ2n) is 3.27. The van der Waals surface area contributed by atoms with Crippen molar-refractivity contribution < 1.29 is 5.11 Å². The molecule has 2 aromatic heterocycles. The first-order chi connectivity index (χ1) is 7.61. The Kier molecular flexibility index (Phi) is 2.32. The maximum Gasteiger partial charge on any atom is 0.297 e. The molecule has 0 bridgehead atoms. The summed E-state index contributed by atoms with van der Waals surface area (Å²) in [5.41, 5.74) is 6.10. The molecular weight excluding hydrogens is 208 g/mol. The van der Waals surface area contributed by atoms with E-state index < -0.39 is 5.56 Å². The van der Waals surface area contributed by atoms with Gasteiger partial charge in [-0.15, -0.1) is 0 Å². The molecule has 6 heteroatoms. The van der Waals surface area contributed by atoms with Gasteiger partial charge < -0.3 is 10.8 Å². The molecule has 0 amide bonds. The van der Waals surface area contributed by atoms with Crippen LogP contribution in [0.25, 0.3) is 11.3 Å². The van der Waals surface area contributed by atoms with Crippen LogP contribution < -0.4 is 11.3 Å². The third-order valence-corrected chi connectivity index (χ3v) is 2.26. The number of nitrogen functional groups attached to an aromatic ring is 1. The lowest BCUT2D eigenvalue weighted by molar-refractivity contribution is 0.401. The van der Waals surface area contributed by atoms with Crippen molar-refractivity contribution in [3.8, 4) is 17.3 Å². The number of pyridine rings is 1. The highest BCUT2D eigenvalue weighted by Crippen LogP contribution is 2.21. The Morgan fingerprint density at radius 1 is 1.38 bits per heavy atom. The summed E-state index contributed by atoms with van der Waals surface area (Å²) in [6.07, 6.45) is 3.12. The van der Waals surface area contributed by atoms with Crippen LogP contribution in [0.1, 0.15) is 0 Å². The van der Waals surface area contributed by atoms with Gasteiger partial charge in [0.25, 0.3) is 11.6 Å². The summed E-state index contributed by atoms with van der Waals surface area (Å²) in [5.74, 6) is 0. The predicted octanol–water partition coefficient (Wildman–Crippen LogP) is 0.130. The second-order valence-corrected chi connectivity index (χ2v) is 3.27. The number of nitrogens with two attached hydrogens (primary N) is 1. The van der Waals surface area contributed by atoms with Crippen LogP contribution in [-0.2, 0) is 7.05 Å². The molecule has 0 aliphatic rings. The standard InChI is InChI=1S/C10H10N4O2/c1-14-9(15)7(11)8(13-10(14)16)6-2-4-12-5-3-6/h2-5H,11H2,1H3,(H,13,16). The number of hydrogen-bond donors (Lipinski definition) is 2. The predicted molar refractivity (Wildman–Crippen MR) is 58.8 cm³/mol. The zero-order valence-corrected chi connectivity index (χ0v) is 8.58. The second kappa shape index (κ2) is 3.65. The van der Waals surface area contributed by atoms with Gasteiger partial charge in [-0.2, -0.15) is 4.98 Å². The van der Waals surface area contributed by atoms with Crippen molar-refractivity contribution in [2.75, 3.05) is 5.73 Å². The van der Waals surface area contributed by atoms with E-state index in [1.807, 2.05) is 0 Å². The molecule has 0 fully saturated rings. The molecule has 82 valence electrons. The summed E-state index contributed by atoms with van der Waals surface area (Å²) in [5, 5.41) is 9.45. The first-order valence-electron chi connectivity index (χ1n) is 4.57. The van der Waals surface area contributed by atoms with Gasteiger partial charge in [0.15, 0.2) is 0 Å². The van der Waals surface area contributed by atoms with Crippen LogP contribution in [0.3, 0.4) is 0 Å². The Bertz CT molecular complexity index is 577. The van der Waals surface area contributed by atoms with Crippen molar-refractivity contribution in [1.82, 2.24) is 14.5 Å². The smallest absolute Gasteiger partial charge is 0.297 e. The number of aromatic hydroxyl groups is 1. The first-order valence-corrected chi connectivity index (χ1v) is 4.57. The normalized spacial score (nSPS) is 10.3. The lowest BCUT2D eigenvalue weighted by atomic mass is 10.1. The van der Waals surface area contributed by atoms with Gasteiger partial charge in [0.1, 0.15) is 11.4 Å². The molecule has 0 saturated carbocycles. The first kappa shape index (κ1) is 10.2. The molecule has 2 heterocycles. The van der Waals surface area contributed by atoms with E-state index in [2.05, 4.69) is 9.97 Å². The van der Waals surface area contributed by atoms with E-state index >= 15 is 0 Å². The van der Waals surface area contributed by atoms with Crippen LogP contribution in [0, 0.1) is 0 Å². The molecule has 0 radical (unpaired) electrons. The van der Waals surface area contributed by atoms with Crippen LogP contribution in [-0.4, -0.2) is 19.6 Å². The van der Waals surface area contributed by atoms with Crippen molar-refractivity contribution in [3.05, 3.63) is 34.9 Å². The van der Waals surface area contributed by atoms with Gasteiger partial charge in [-0.3, -0.25) is 14.3 Å². The van der Waals surface area contributed by atoms with Crippen LogP contribution in [0.5, 0.6) is 6.01 Å². The molecule has 0 atom stereocenters. The van der Waals surface area contributed by atoms with Crippen LogP contribution in [0.15, 0.2) is 29.3 Å². The molecular formula is C10H10N4O2. The van der Waals surface area contributed by atoms with E-state index in [1.165, 1.54) is 7.05 Å². The summed E-state index contributed by atoms with van der Waals surface area (Å²) in [4.78, 5) is 19.3. The van der Waals surface area contributed by atoms with Gasteiger partial charge >= 0.3 is 0 Å². The van der Waals surface area contributed by atoms with Gasteiger partial charge in [0, 0.05) is 25.0 Å². The maximum atomic E-state index is 11.6. The largest absolute Gasteiger partial charge is 0.480 e. The quantitative estimate of drug-likeness (QED) is 0.709. The topological polar surface area (TPSA) is 94.0 Å². The molecule has 0 aliphatic carbocycles. The average Bonchev–Trinajstić information content (AvgIpc) is 2.32. The molecule has 0 unspecified atom stereocenters. The zero-order valence-electron chi connectivity index (χ0n) is 8.58. The van der Waals surface area contributed by atoms with Crippen molar-refractivity contribution in [2.45, 2.75) is 0 Å². The van der Waals surface area contributed by atoms with Crippen LogP contribution >= 0.6 is 0 Å². The van der Waals surface area contributed by atoms with E-state index in [1.54, 1.807) is 24.5 Å². The fourth-order valence-corrected chi connectivity index (χ4v) is 1.34. The molecule has 3 N–H and O–H groups in total. The van der Waals surface area contributed by atoms with Crippen molar-refractivity contribution in [3.63, 3.8) is 0 Å². The number of anilines is 1. The average molecular weight is 218 g/mol. The Hall–Kier alpha value is -2.37. The minimum absolute atomic E-state index is 0.00602. The monoisotopic (exact) mass is 218 g/mol. The van der Waals surface area contributed by atoms with Crippen molar-refractivity contribution >= 4 is 5.69 Å². The number of aromatic nitrogens is 3. The van der Waals surface area contributed by atoms with Crippen LogP contribution in [0.2, 0.25) is 0 Å². The lowest BCUT2D eigenvalue weighted by Gasteiger charge is -2.07. The molecule has 2 rings (SSSR count). The third kappa shape index (κ3) is 1.50. The van der Waals surface area contributed by atoms with Gasteiger partial charge in [0.2, 0.25) is 0 Å². The minimum Gasteiger partial charge on any atom is -0.480 e. The molecule has 2 aromatic rings. The Morgan fingerprint density at radius 2 is 2.00 bits per heavy atom. The fourth-order valence-electron chi connectivity index (χ4n) is 1.34. The van der Waals surface area contributed by atoms with E-state index in [9.17, 15) is 9.90 Å². The van der Waals surface area contributed by atoms with Gasteiger partial charge in [-0.05, 0) is 12.1 Å². The van der Waals surface area contributed by atoms with E-state index in [4.69, 9.17) is 5.73 Å². The summed E-state index contributed by atoms with van der Waals surface area (Å²) in [7, 11) is 1.40. The summed E-state index contributed by atoms with van der Waals surface area (Å²) >= 11 is 0. The van der Waals surface area contributed by atoms with Crippen molar-refractivity contribution in [2.24, 2.45) is 7.05 Å². The maximum absolute atomic E-state index is 11.6. The summed E-state index contributed by atoms with van der Waals surface area (Å²) in [6.45, 7) is 0. The van der Waals surface area contributed by atoms with Crippen LogP contribution in [0.4, 0.5) is 5.69 Å². The number of hydrogen-bond acceptors (Lipinski definition) is 5. The molecule has 0 aromatic carbocycles.